The number of anilines is 1. The van der Waals surface area contributed by atoms with Crippen molar-refractivity contribution in [3.8, 4) is 0 Å². The molecule has 0 spiro atoms. The van der Waals surface area contributed by atoms with Crippen LogP contribution in [-0.4, -0.2) is 15.2 Å². The minimum absolute atomic E-state index is 0.225. The first-order valence-electron chi connectivity index (χ1n) is 4.62. The van der Waals surface area contributed by atoms with Gasteiger partial charge in [-0.2, -0.15) is 4.98 Å². The SMILES string of the molecule is Cc1nc(NCc2ccccc2F)n[nH]1. The van der Waals surface area contributed by atoms with Gasteiger partial charge in [0, 0.05) is 12.1 Å². The highest BCUT2D eigenvalue weighted by molar-refractivity contribution is 5.27. The van der Waals surface area contributed by atoms with Crippen molar-refractivity contribution < 1.29 is 4.39 Å². The summed E-state index contributed by atoms with van der Waals surface area (Å²) in [7, 11) is 0. The monoisotopic (exact) mass is 206 g/mol. The lowest BCUT2D eigenvalue weighted by atomic mass is 10.2. The molecule has 0 aliphatic heterocycles. The van der Waals surface area contributed by atoms with E-state index in [2.05, 4.69) is 20.5 Å². The number of nitrogens with zero attached hydrogens (tertiary/aromatic N) is 2. The largest absolute Gasteiger partial charge is 0.349 e. The number of hydrogen-bond donors (Lipinski definition) is 2. The molecule has 0 amide bonds. The van der Waals surface area contributed by atoms with Gasteiger partial charge in [-0.25, -0.2) is 4.39 Å². The molecular formula is C10H11FN4. The number of aryl methyl sites for hydroxylation is 1. The van der Waals surface area contributed by atoms with E-state index in [-0.39, 0.29) is 5.82 Å². The fourth-order valence-electron chi connectivity index (χ4n) is 1.24. The van der Waals surface area contributed by atoms with Gasteiger partial charge in [0.25, 0.3) is 0 Å². The van der Waals surface area contributed by atoms with Crippen LogP contribution in [0.2, 0.25) is 0 Å². The van der Waals surface area contributed by atoms with E-state index in [0.29, 0.717) is 18.1 Å². The van der Waals surface area contributed by atoms with Crippen LogP contribution in [0.15, 0.2) is 24.3 Å². The van der Waals surface area contributed by atoms with Crippen molar-refractivity contribution >= 4 is 5.95 Å². The molecule has 0 aliphatic carbocycles. The van der Waals surface area contributed by atoms with Gasteiger partial charge in [-0.1, -0.05) is 18.2 Å². The maximum atomic E-state index is 13.2. The standard InChI is InChI=1S/C10H11FN4/c1-7-13-10(15-14-7)12-6-8-4-2-3-5-9(8)11/h2-5H,6H2,1H3,(H2,12,13,14,15). The predicted octanol–water partition coefficient (Wildman–Crippen LogP) is 1.86. The van der Waals surface area contributed by atoms with Crippen LogP contribution in [0.3, 0.4) is 0 Å². The molecule has 0 aliphatic rings. The fourth-order valence-corrected chi connectivity index (χ4v) is 1.24. The van der Waals surface area contributed by atoms with Gasteiger partial charge in [0.2, 0.25) is 5.95 Å². The maximum Gasteiger partial charge on any atom is 0.242 e. The Labute approximate surface area is 86.6 Å². The zero-order valence-electron chi connectivity index (χ0n) is 8.29. The van der Waals surface area contributed by atoms with E-state index >= 15 is 0 Å². The summed E-state index contributed by atoms with van der Waals surface area (Å²) in [5, 5.41) is 9.52. The zero-order valence-corrected chi connectivity index (χ0v) is 8.29. The van der Waals surface area contributed by atoms with Crippen LogP contribution in [0, 0.1) is 12.7 Å². The van der Waals surface area contributed by atoms with Crippen molar-refractivity contribution in [3.05, 3.63) is 41.5 Å². The third-order valence-corrected chi connectivity index (χ3v) is 1.99. The molecule has 78 valence electrons. The van der Waals surface area contributed by atoms with Gasteiger partial charge in [-0.15, -0.1) is 5.10 Å². The molecule has 0 saturated carbocycles. The molecule has 15 heavy (non-hydrogen) atoms. The van der Waals surface area contributed by atoms with E-state index in [4.69, 9.17) is 0 Å². The maximum absolute atomic E-state index is 13.2. The first kappa shape index (κ1) is 9.64. The number of H-pyrrole nitrogens is 1. The number of rotatable bonds is 3. The average Bonchev–Trinajstić information content (AvgIpc) is 2.63. The van der Waals surface area contributed by atoms with Crippen LogP contribution in [-0.2, 0) is 6.54 Å². The van der Waals surface area contributed by atoms with Gasteiger partial charge < -0.3 is 5.32 Å². The Kier molecular flexibility index (Phi) is 2.62. The minimum Gasteiger partial charge on any atom is -0.349 e. The number of benzene rings is 1. The molecule has 0 radical (unpaired) electrons. The summed E-state index contributed by atoms with van der Waals surface area (Å²) in [5.74, 6) is 0.985. The zero-order chi connectivity index (χ0) is 10.7. The van der Waals surface area contributed by atoms with E-state index in [0.717, 1.165) is 5.82 Å². The van der Waals surface area contributed by atoms with Crippen LogP contribution < -0.4 is 5.32 Å². The Bertz CT molecular complexity index is 452. The predicted molar refractivity (Wildman–Crippen MR) is 54.8 cm³/mol. The van der Waals surface area contributed by atoms with Crippen LogP contribution in [0.5, 0.6) is 0 Å². The Morgan fingerprint density at radius 3 is 2.87 bits per heavy atom. The molecule has 1 heterocycles. The van der Waals surface area contributed by atoms with Crippen molar-refractivity contribution in [3.63, 3.8) is 0 Å². The summed E-state index contributed by atoms with van der Waals surface area (Å²) >= 11 is 0. The molecule has 0 bridgehead atoms. The number of halogens is 1. The number of aromatic nitrogens is 3. The van der Waals surface area contributed by atoms with E-state index < -0.39 is 0 Å². The van der Waals surface area contributed by atoms with Crippen molar-refractivity contribution in [2.24, 2.45) is 0 Å². The van der Waals surface area contributed by atoms with Gasteiger partial charge in [0.15, 0.2) is 0 Å². The molecular weight excluding hydrogens is 195 g/mol. The molecule has 0 fully saturated rings. The fraction of sp³-hybridized carbons (Fsp3) is 0.200. The Morgan fingerprint density at radius 2 is 2.20 bits per heavy atom. The molecule has 0 atom stereocenters. The first-order valence-corrected chi connectivity index (χ1v) is 4.62. The summed E-state index contributed by atoms with van der Waals surface area (Å²) in [4.78, 5) is 4.06. The normalized spacial score (nSPS) is 10.3. The number of aromatic amines is 1. The van der Waals surface area contributed by atoms with Gasteiger partial charge >= 0.3 is 0 Å². The van der Waals surface area contributed by atoms with E-state index in [1.165, 1.54) is 6.07 Å². The highest BCUT2D eigenvalue weighted by atomic mass is 19.1. The van der Waals surface area contributed by atoms with Crippen molar-refractivity contribution in [1.29, 1.82) is 0 Å². The second-order valence-corrected chi connectivity index (χ2v) is 3.19. The summed E-state index contributed by atoms with van der Waals surface area (Å²) in [5.41, 5.74) is 0.597. The topological polar surface area (TPSA) is 53.6 Å². The molecule has 1 aromatic carbocycles. The quantitative estimate of drug-likeness (QED) is 0.806. The Morgan fingerprint density at radius 1 is 1.40 bits per heavy atom. The minimum atomic E-state index is -0.225. The lowest BCUT2D eigenvalue weighted by Crippen LogP contribution is -2.02. The number of hydrogen-bond acceptors (Lipinski definition) is 3. The van der Waals surface area contributed by atoms with Crippen molar-refractivity contribution in [1.82, 2.24) is 15.2 Å². The molecule has 0 saturated heterocycles. The summed E-state index contributed by atoms with van der Waals surface area (Å²) in [6.45, 7) is 2.19. The average molecular weight is 206 g/mol. The molecule has 2 rings (SSSR count). The van der Waals surface area contributed by atoms with Crippen LogP contribution in [0.25, 0.3) is 0 Å². The summed E-state index contributed by atoms with van der Waals surface area (Å²) < 4.78 is 13.2. The lowest BCUT2D eigenvalue weighted by molar-refractivity contribution is 0.612. The first-order chi connectivity index (χ1) is 7.25. The van der Waals surface area contributed by atoms with E-state index in [9.17, 15) is 4.39 Å². The third-order valence-electron chi connectivity index (χ3n) is 1.99. The molecule has 5 heteroatoms. The van der Waals surface area contributed by atoms with Gasteiger partial charge in [0.1, 0.15) is 11.6 Å². The molecule has 1 aromatic heterocycles. The highest BCUT2D eigenvalue weighted by Gasteiger charge is 2.02. The van der Waals surface area contributed by atoms with Crippen molar-refractivity contribution in [2.45, 2.75) is 13.5 Å². The lowest BCUT2D eigenvalue weighted by Gasteiger charge is -2.02. The molecule has 4 nitrogen and oxygen atoms in total. The highest BCUT2D eigenvalue weighted by Crippen LogP contribution is 2.08. The summed E-state index contributed by atoms with van der Waals surface area (Å²) in [6, 6.07) is 6.61. The van der Waals surface area contributed by atoms with E-state index in [1.807, 2.05) is 0 Å². The van der Waals surface area contributed by atoms with Gasteiger partial charge in [0.05, 0.1) is 0 Å². The Balaban J connectivity index is 2.02. The second kappa shape index (κ2) is 4.08. The van der Waals surface area contributed by atoms with Crippen LogP contribution in [0.4, 0.5) is 10.3 Å². The van der Waals surface area contributed by atoms with Crippen molar-refractivity contribution in [2.75, 3.05) is 5.32 Å². The summed E-state index contributed by atoms with van der Waals surface area (Å²) in [6.07, 6.45) is 0. The number of nitrogens with one attached hydrogen (secondary N) is 2. The Hall–Kier alpha value is -1.91. The third kappa shape index (κ3) is 2.31. The van der Waals surface area contributed by atoms with Crippen LogP contribution >= 0.6 is 0 Å². The van der Waals surface area contributed by atoms with E-state index in [1.54, 1.807) is 25.1 Å². The smallest absolute Gasteiger partial charge is 0.242 e. The van der Waals surface area contributed by atoms with Gasteiger partial charge in [-0.3, -0.25) is 5.10 Å². The molecule has 2 aromatic rings. The van der Waals surface area contributed by atoms with Gasteiger partial charge in [-0.05, 0) is 13.0 Å². The second-order valence-electron chi connectivity index (χ2n) is 3.19. The molecule has 0 unspecified atom stereocenters. The van der Waals surface area contributed by atoms with Crippen LogP contribution in [0.1, 0.15) is 11.4 Å². The molecule has 2 N–H and O–H groups in total.